The summed E-state index contributed by atoms with van der Waals surface area (Å²) in [6.07, 6.45) is 3.27. The van der Waals surface area contributed by atoms with Crippen LogP contribution < -0.4 is 26.2 Å². The van der Waals surface area contributed by atoms with Crippen molar-refractivity contribution in [3.8, 4) is 5.75 Å². The van der Waals surface area contributed by atoms with Crippen LogP contribution in [0.15, 0.2) is 34.7 Å². The average Bonchev–Trinajstić information content (AvgIpc) is 3.12. The van der Waals surface area contributed by atoms with Crippen LogP contribution >= 0.6 is 0 Å². The van der Waals surface area contributed by atoms with E-state index in [1.807, 2.05) is 17.1 Å². The van der Waals surface area contributed by atoms with Crippen LogP contribution in [0.2, 0.25) is 0 Å². The van der Waals surface area contributed by atoms with Crippen LogP contribution in [0.1, 0.15) is 0 Å². The number of hydrogen-bond acceptors (Lipinski definition) is 7. The number of aromatic nitrogens is 2. The molecule has 0 aliphatic carbocycles. The van der Waals surface area contributed by atoms with Gasteiger partial charge in [0, 0.05) is 17.0 Å². The lowest BCUT2D eigenvalue weighted by Crippen LogP contribution is -2.37. The first-order valence-electron chi connectivity index (χ1n) is 6.58. The number of nitrogens with one attached hydrogen (secondary N) is 3. The maximum atomic E-state index is 5.97. The molecule has 1 atom stereocenters. The number of aliphatic imine (C=N–C) groups is 1. The van der Waals surface area contributed by atoms with E-state index in [1.54, 1.807) is 19.6 Å². The summed E-state index contributed by atoms with van der Waals surface area (Å²) in [6.45, 7) is 0.639. The van der Waals surface area contributed by atoms with Crippen LogP contribution in [-0.2, 0) is 0 Å². The van der Waals surface area contributed by atoms with Gasteiger partial charge in [-0.15, -0.1) is 0 Å². The summed E-state index contributed by atoms with van der Waals surface area (Å²) in [6, 6.07) is 3.95. The van der Waals surface area contributed by atoms with E-state index in [0.29, 0.717) is 12.4 Å². The van der Waals surface area contributed by atoms with Gasteiger partial charge in [0.25, 0.3) is 0 Å². The van der Waals surface area contributed by atoms with E-state index in [-0.39, 0.29) is 6.17 Å². The van der Waals surface area contributed by atoms with Gasteiger partial charge < -0.3 is 15.8 Å². The maximum Gasteiger partial charge on any atom is 0.145 e. The molecule has 4 rings (SSSR count). The number of hydrazine groups is 1. The summed E-state index contributed by atoms with van der Waals surface area (Å²) in [5.41, 5.74) is 12.2. The van der Waals surface area contributed by atoms with Crippen molar-refractivity contribution >= 4 is 22.9 Å². The number of hydrogen-bond donors (Lipinski definition) is 4. The molecular weight excluding hydrogens is 270 g/mol. The highest BCUT2D eigenvalue weighted by molar-refractivity contribution is 5.86. The molecule has 8 heteroatoms. The van der Waals surface area contributed by atoms with Gasteiger partial charge in [0.2, 0.25) is 0 Å². The first-order chi connectivity index (χ1) is 10.3. The lowest BCUT2D eigenvalue weighted by Gasteiger charge is -2.20. The molecule has 2 aliphatic heterocycles. The highest BCUT2D eigenvalue weighted by Crippen LogP contribution is 2.34. The minimum Gasteiger partial charge on any atom is -0.494 e. The van der Waals surface area contributed by atoms with E-state index in [1.165, 1.54) is 0 Å². The predicted molar refractivity (Wildman–Crippen MR) is 79.8 cm³/mol. The lowest BCUT2D eigenvalue weighted by atomic mass is 10.2. The molecule has 1 aromatic heterocycles. The number of benzene rings is 1. The summed E-state index contributed by atoms with van der Waals surface area (Å²) >= 11 is 0. The number of ether oxygens (including phenoxy) is 1. The highest BCUT2D eigenvalue weighted by atomic mass is 16.5. The van der Waals surface area contributed by atoms with E-state index in [4.69, 9.17) is 10.5 Å². The second-order valence-corrected chi connectivity index (χ2v) is 4.96. The third-order valence-corrected chi connectivity index (χ3v) is 3.76. The first-order valence-corrected chi connectivity index (χ1v) is 6.58. The van der Waals surface area contributed by atoms with Gasteiger partial charge in [-0.1, -0.05) is 0 Å². The molecule has 0 amide bonds. The lowest BCUT2D eigenvalue weighted by molar-refractivity contribution is 0.414. The molecule has 1 aromatic carbocycles. The fourth-order valence-corrected chi connectivity index (χ4v) is 2.65. The van der Waals surface area contributed by atoms with Gasteiger partial charge in [-0.3, -0.25) is 15.1 Å². The summed E-state index contributed by atoms with van der Waals surface area (Å²) in [7, 11) is 1.65. The molecule has 1 saturated heterocycles. The number of H-pyrrole nitrogens is 1. The molecular formula is C13H15N7O. The Morgan fingerprint density at radius 2 is 2.33 bits per heavy atom. The van der Waals surface area contributed by atoms with Gasteiger partial charge in [-0.2, -0.15) is 5.10 Å². The van der Waals surface area contributed by atoms with Crippen molar-refractivity contribution in [1.29, 1.82) is 0 Å². The minimum atomic E-state index is -0.129. The summed E-state index contributed by atoms with van der Waals surface area (Å²) in [4.78, 5) is 4.34. The van der Waals surface area contributed by atoms with E-state index in [2.05, 4.69) is 25.9 Å². The molecule has 2 aromatic rings. The molecule has 21 heavy (non-hydrogen) atoms. The molecule has 0 saturated carbocycles. The van der Waals surface area contributed by atoms with Crippen molar-refractivity contribution in [2.45, 2.75) is 6.17 Å². The fourth-order valence-electron chi connectivity index (χ4n) is 2.65. The van der Waals surface area contributed by atoms with E-state index in [9.17, 15) is 0 Å². The van der Waals surface area contributed by atoms with Crippen molar-refractivity contribution in [2.75, 3.05) is 18.7 Å². The van der Waals surface area contributed by atoms with Gasteiger partial charge in [0.15, 0.2) is 0 Å². The second-order valence-electron chi connectivity index (χ2n) is 4.96. The molecule has 0 radical (unpaired) electrons. The van der Waals surface area contributed by atoms with Crippen LogP contribution in [0.5, 0.6) is 5.75 Å². The Morgan fingerprint density at radius 3 is 3.14 bits per heavy atom. The zero-order valence-electron chi connectivity index (χ0n) is 11.4. The van der Waals surface area contributed by atoms with E-state index >= 15 is 0 Å². The van der Waals surface area contributed by atoms with Gasteiger partial charge >= 0.3 is 0 Å². The molecule has 0 bridgehead atoms. The van der Waals surface area contributed by atoms with Gasteiger partial charge in [-0.25, -0.2) is 5.43 Å². The topological polar surface area (TPSA) is 104 Å². The molecule has 1 unspecified atom stereocenters. The molecule has 108 valence electrons. The van der Waals surface area contributed by atoms with Crippen LogP contribution in [0.25, 0.3) is 10.9 Å². The zero-order valence-corrected chi connectivity index (χ0v) is 11.4. The molecule has 8 nitrogen and oxygen atoms in total. The summed E-state index contributed by atoms with van der Waals surface area (Å²) < 4.78 is 5.48. The van der Waals surface area contributed by atoms with Gasteiger partial charge in [-0.05, 0) is 6.07 Å². The molecule has 2 aliphatic rings. The Morgan fingerprint density at radius 1 is 1.43 bits per heavy atom. The molecule has 5 N–H and O–H groups in total. The largest absolute Gasteiger partial charge is 0.494 e. The third kappa shape index (κ3) is 1.80. The first kappa shape index (κ1) is 12.0. The Kier molecular flexibility index (Phi) is 2.51. The number of nitrogens with zero attached hydrogens (tertiary/aromatic N) is 3. The Hall–Kier alpha value is -2.74. The SMILES string of the molecule is COc1cc2[nH]ncc2cc1N1CC2=C(N)NC=NC2N1. The number of methoxy groups -OCH3 is 1. The van der Waals surface area contributed by atoms with Crippen LogP contribution in [-0.4, -0.2) is 36.4 Å². The second kappa shape index (κ2) is 4.38. The fraction of sp³-hybridized carbons (Fsp3) is 0.231. The molecule has 3 heterocycles. The average molecular weight is 285 g/mol. The van der Waals surface area contributed by atoms with Crippen LogP contribution in [0.4, 0.5) is 5.69 Å². The number of nitrogens with two attached hydrogens (primary N) is 1. The zero-order chi connectivity index (χ0) is 14.4. The molecule has 1 fully saturated rings. The van der Waals surface area contributed by atoms with Crippen molar-refractivity contribution in [3.63, 3.8) is 0 Å². The number of anilines is 1. The Balaban J connectivity index is 1.77. The highest BCUT2D eigenvalue weighted by Gasteiger charge is 2.31. The number of aromatic amines is 1. The monoisotopic (exact) mass is 285 g/mol. The van der Waals surface area contributed by atoms with E-state index < -0.39 is 0 Å². The maximum absolute atomic E-state index is 5.97. The van der Waals surface area contributed by atoms with Crippen LogP contribution in [0, 0.1) is 0 Å². The Bertz CT molecular complexity index is 763. The van der Waals surface area contributed by atoms with E-state index in [0.717, 1.165) is 27.9 Å². The third-order valence-electron chi connectivity index (χ3n) is 3.76. The van der Waals surface area contributed by atoms with Gasteiger partial charge in [0.1, 0.15) is 17.7 Å². The predicted octanol–water partition coefficient (Wildman–Crippen LogP) is 0.0240. The number of fused-ring (bicyclic) bond motifs is 2. The Labute approximate surface area is 120 Å². The van der Waals surface area contributed by atoms with Crippen molar-refractivity contribution in [3.05, 3.63) is 29.7 Å². The standard InChI is InChI=1S/C13H15N7O/c1-21-11-3-9-7(4-17-18-9)2-10(11)20-5-8-12(14)15-6-16-13(8)19-20/h2-4,6,13,19H,5,14H2,1H3,(H,15,16)(H,17,18). The summed E-state index contributed by atoms with van der Waals surface area (Å²) in [5, 5.41) is 12.9. The number of rotatable bonds is 2. The molecule has 0 spiro atoms. The van der Waals surface area contributed by atoms with Crippen LogP contribution in [0.3, 0.4) is 0 Å². The van der Waals surface area contributed by atoms with Gasteiger partial charge in [0.05, 0.1) is 37.4 Å². The van der Waals surface area contributed by atoms with Crippen molar-refractivity contribution in [2.24, 2.45) is 10.7 Å². The van der Waals surface area contributed by atoms with Crippen molar-refractivity contribution < 1.29 is 4.74 Å². The smallest absolute Gasteiger partial charge is 0.145 e. The quantitative estimate of drug-likeness (QED) is 0.620. The summed E-state index contributed by atoms with van der Waals surface area (Å²) in [5.74, 6) is 1.40. The normalized spacial score (nSPS) is 20.8. The minimum absolute atomic E-state index is 0.129. The van der Waals surface area contributed by atoms with Crippen molar-refractivity contribution in [1.82, 2.24) is 20.9 Å².